The summed E-state index contributed by atoms with van der Waals surface area (Å²) in [5.41, 5.74) is 3.25. The van der Waals surface area contributed by atoms with Crippen LogP contribution in [0.15, 0.2) is 61.1 Å². The molecule has 6 nitrogen and oxygen atoms in total. The quantitative estimate of drug-likeness (QED) is 0.636. The van der Waals surface area contributed by atoms with E-state index in [4.69, 9.17) is 17.0 Å². The average molecular weight is 420 g/mol. The van der Waals surface area contributed by atoms with Gasteiger partial charge >= 0.3 is 0 Å². The lowest BCUT2D eigenvalue weighted by molar-refractivity contribution is 0.0836. The molecular formula is C23H25N5OS. The zero-order chi connectivity index (χ0) is 20.5. The van der Waals surface area contributed by atoms with E-state index in [0.29, 0.717) is 0 Å². The third-order valence-corrected chi connectivity index (χ3v) is 6.20. The Kier molecular flexibility index (Phi) is 5.23. The van der Waals surface area contributed by atoms with Crippen LogP contribution < -0.4 is 5.32 Å². The highest BCUT2D eigenvalue weighted by molar-refractivity contribution is 7.80. The van der Waals surface area contributed by atoms with Crippen molar-refractivity contribution in [3.05, 3.63) is 78.0 Å². The SMILES string of the molecule is Cc1ccc(-n2cccc2[C@@H]2[C@@H](c3ccccn3)NC(=S)N2C[C@H]2CCCO2)nc1. The van der Waals surface area contributed by atoms with Crippen LogP contribution in [-0.4, -0.2) is 43.8 Å². The molecule has 2 saturated heterocycles. The Balaban J connectivity index is 1.56. The molecule has 3 aromatic rings. The fourth-order valence-corrected chi connectivity index (χ4v) is 4.69. The van der Waals surface area contributed by atoms with E-state index < -0.39 is 0 Å². The van der Waals surface area contributed by atoms with Crippen LogP contribution in [0.3, 0.4) is 0 Å². The molecule has 5 heterocycles. The van der Waals surface area contributed by atoms with Crippen LogP contribution in [0.5, 0.6) is 0 Å². The molecule has 0 aromatic carbocycles. The molecule has 154 valence electrons. The molecule has 0 radical (unpaired) electrons. The highest BCUT2D eigenvalue weighted by Crippen LogP contribution is 2.40. The predicted octanol–water partition coefficient (Wildman–Crippen LogP) is 3.73. The maximum Gasteiger partial charge on any atom is 0.170 e. The summed E-state index contributed by atoms with van der Waals surface area (Å²) in [4.78, 5) is 11.5. The Morgan fingerprint density at radius 2 is 2.10 bits per heavy atom. The number of hydrogen-bond donors (Lipinski definition) is 1. The lowest BCUT2D eigenvalue weighted by atomic mass is 10.0. The lowest BCUT2D eigenvalue weighted by Gasteiger charge is -2.30. The second-order valence-electron chi connectivity index (χ2n) is 7.91. The number of thiocarbonyl (C=S) groups is 1. The number of aryl methyl sites for hydroxylation is 1. The molecule has 0 bridgehead atoms. The number of nitrogens with one attached hydrogen (secondary N) is 1. The molecule has 2 aliphatic heterocycles. The topological polar surface area (TPSA) is 55.2 Å². The van der Waals surface area contributed by atoms with Crippen molar-refractivity contribution in [2.75, 3.05) is 13.2 Å². The summed E-state index contributed by atoms with van der Waals surface area (Å²) in [6, 6.07) is 14.3. The van der Waals surface area contributed by atoms with Crippen molar-refractivity contribution in [3.8, 4) is 5.82 Å². The molecule has 30 heavy (non-hydrogen) atoms. The number of nitrogens with zero attached hydrogens (tertiary/aromatic N) is 4. The Hall–Kier alpha value is -2.77. The molecule has 5 rings (SSSR count). The number of pyridine rings is 2. The summed E-state index contributed by atoms with van der Waals surface area (Å²) < 4.78 is 8.09. The number of hydrogen-bond acceptors (Lipinski definition) is 4. The lowest BCUT2D eigenvalue weighted by Crippen LogP contribution is -2.36. The highest BCUT2D eigenvalue weighted by Gasteiger charge is 2.42. The van der Waals surface area contributed by atoms with Gasteiger partial charge in [-0.2, -0.15) is 0 Å². The smallest absolute Gasteiger partial charge is 0.170 e. The first-order valence-corrected chi connectivity index (χ1v) is 10.8. The minimum atomic E-state index is -0.0424. The van der Waals surface area contributed by atoms with Gasteiger partial charge < -0.3 is 19.5 Å². The van der Waals surface area contributed by atoms with Crippen LogP contribution in [0.25, 0.3) is 5.82 Å². The van der Waals surface area contributed by atoms with Gasteiger partial charge in [0.15, 0.2) is 5.11 Å². The first-order chi connectivity index (χ1) is 14.7. The highest BCUT2D eigenvalue weighted by atomic mass is 32.1. The van der Waals surface area contributed by atoms with E-state index in [9.17, 15) is 0 Å². The zero-order valence-corrected chi connectivity index (χ0v) is 17.8. The molecule has 0 unspecified atom stereocenters. The van der Waals surface area contributed by atoms with Gasteiger partial charge in [0.25, 0.3) is 0 Å². The van der Waals surface area contributed by atoms with Crippen LogP contribution in [0.4, 0.5) is 0 Å². The Labute approximate surface area is 181 Å². The number of rotatable bonds is 5. The molecule has 0 spiro atoms. The number of ether oxygens (including phenoxy) is 1. The molecule has 3 aromatic heterocycles. The van der Waals surface area contributed by atoms with Gasteiger partial charge in [-0.25, -0.2) is 4.98 Å². The summed E-state index contributed by atoms with van der Waals surface area (Å²) in [5.74, 6) is 0.898. The van der Waals surface area contributed by atoms with E-state index >= 15 is 0 Å². The van der Waals surface area contributed by atoms with Gasteiger partial charge in [0.1, 0.15) is 5.82 Å². The van der Waals surface area contributed by atoms with Gasteiger partial charge in [0.05, 0.1) is 23.9 Å². The van der Waals surface area contributed by atoms with Crippen molar-refractivity contribution >= 4 is 17.3 Å². The molecule has 3 atom stereocenters. The molecule has 2 fully saturated rings. The average Bonchev–Trinajstić information content (AvgIpc) is 3.51. The Bertz CT molecular complexity index is 1010. The third-order valence-electron chi connectivity index (χ3n) is 5.85. The van der Waals surface area contributed by atoms with Crippen molar-refractivity contribution in [2.45, 2.75) is 38.0 Å². The number of aromatic nitrogens is 3. The molecule has 0 aliphatic carbocycles. The molecular weight excluding hydrogens is 394 g/mol. The van der Waals surface area contributed by atoms with Gasteiger partial charge in [-0.15, -0.1) is 0 Å². The zero-order valence-electron chi connectivity index (χ0n) is 16.9. The van der Waals surface area contributed by atoms with Crippen LogP contribution in [-0.2, 0) is 4.74 Å². The summed E-state index contributed by atoms with van der Waals surface area (Å²) in [6.45, 7) is 3.65. The third kappa shape index (κ3) is 3.59. The van der Waals surface area contributed by atoms with Crippen molar-refractivity contribution in [3.63, 3.8) is 0 Å². The van der Waals surface area contributed by atoms with E-state index in [2.05, 4.69) is 61.3 Å². The van der Waals surface area contributed by atoms with Gasteiger partial charge in [0.2, 0.25) is 0 Å². The van der Waals surface area contributed by atoms with Crippen molar-refractivity contribution in [1.29, 1.82) is 0 Å². The van der Waals surface area contributed by atoms with Crippen molar-refractivity contribution in [1.82, 2.24) is 24.8 Å². The summed E-state index contributed by atoms with van der Waals surface area (Å²) >= 11 is 5.79. The van der Waals surface area contributed by atoms with Crippen LogP contribution in [0.1, 0.15) is 41.9 Å². The van der Waals surface area contributed by atoms with Gasteiger partial charge in [-0.1, -0.05) is 12.1 Å². The second-order valence-corrected chi connectivity index (χ2v) is 8.30. The predicted molar refractivity (Wildman–Crippen MR) is 119 cm³/mol. The second kappa shape index (κ2) is 8.16. The molecule has 0 amide bonds. The maximum absolute atomic E-state index is 5.93. The summed E-state index contributed by atoms with van der Waals surface area (Å²) in [5, 5.41) is 4.27. The normalized spacial score (nSPS) is 23.7. The minimum absolute atomic E-state index is 0.00490. The van der Waals surface area contributed by atoms with Gasteiger partial charge in [0, 0.05) is 37.4 Å². The standard InChI is InChI=1S/C23H25N5OS/c1-16-9-10-20(25-14-16)27-12-4-8-19(27)22-21(18-7-2-3-11-24-18)26-23(30)28(22)15-17-6-5-13-29-17/h2-4,7-12,14,17,21-22H,5-6,13,15H2,1H3,(H,26,30)/t17-,21-,22-/m1/s1. The summed E-state index contributed by atoms with van der Waals surface area (Å²) in [6.07, 6.45) is 8.18. The van der Waals surface area contributed by atoms with Crippen molar-refractivity contribution in [2.24, 2.45) is 0 Å². The Morgan fingerprint density at radius 3 is 2.83 bits per heavy atom. The van der Waals surface area contributed by atoms with E-state index in [0.717, 1.165) is 53.9 Å². The molecule has 0 saturated carbocycles. The van der Waals surface area contributed by atoms with Crippen LogP contribution in [0.2, 0.25) is 0 Å². The summed E-state index contributed by atoms with van der Waals surface area (Å²) in [7, 11) is 0. The van der Waals surface area contributed by atoms with E-state index in [-0.39, 0.29) is 18.2 Å². The fourth-order valence-electron chi connectivity index (χ4n) is 4.38. The van der Waals surface area contributed by atoms with E-state index in [1.54, 1.807) is 0 Å². The first kappa shape index (κ1) is 19.2. The molecule has 1 N–H and O–H groups in total. The Morgan fingerprint density at radius 1 is 1.17 bits per heavy atom. The minimum Gasteiger partial charge on any atom is -0.376 e. The maximum atomic E-state index is 5.93. The van der Waals surface area contributed by atoms with E-state index in [1.807, 2.05) is 31.5 Å². The van der Waals surface area contributed by atoms with Crippen LogP contribution >= 0.6 is 12.2 Å². The monoisotopic (exact) mass is 419 g/mol. The van der Waals surface area contributed by atoms with Gasteiger partial charge in [-0.3, -0.25) is 4.98 Å². The molecule has 7 heteroatoms. The first-order valence-electron chi connectivity index (χ1n) is 10.4. The fraction of sp³-hybridized carbons (Fsp3) is 0.348. The van der Waals surface area contributed by atoms with Crippen molar-refractivity contribution < 1.29 is 4.74 Å². The van der Waals surface area contributed by atoms with E-state index in [1.165, 1.54) is 0 Å². The van der Waals surface area contributed by atoms with Gasteiger partial charge in [-0.05, 0) is 67.9 Å². The molecule has 2 aliphatic rings. The van der Waals surface area contributed by atoms with Crippen LogP contribution in [0, 0.1) is 6.92 Å². The largest absolute Gasteiger partial charge is 0.376 e.